The summed E-state index contributed by atoms with van der Waals surface area (Å²) in [6.45, 7) is 5.18. The summed E-state index contributed by atoms with van der Waals surface area (Å²) in [5.41, 5.74) is -0.474. The van der Waals surface area contributed by atoms with Crippen LogP contribution in [0.2, 0.25) is 0 Å². The van der Waals surface area contributed by atoms with E-state index in [4.69, 9.17) is 10.2 Å². The molecule has 0 amide bonds. The standard InChI is InChI=1S/C8H14O3/c1-6(9)8(2,3)5-4-7(10)11/h4-6,9H,1-3H3,(H,10,11). The second-order valence-electron chi connectivity index (χ2n) is 3.17. The van der Waals surface area contributed by atoms with Crippen LogP contribution in [-0.4, -0.2) is 22.3 Å². The zero-order chi connectivity index (χ0) is 9.07. The molecule has 0 fully saturated rings. The molecular weight excluding hydrogens is 144 g/mol. The van der Waals surface area contributed by atoms with Crippen molar-refractivity contribution in [1.29, 1.82) is 0 Å². The van der Waals surface area contributed by atoms with Crippen molar-refractivity contribution in [1.82, 2.24) is 0 Å². The Kier molecular flexibility index (Phi) is 3.26. The highest BCUT2D eigenvalue weighted by molar-refractivity contribution is 5.79. The van der Waals surface area contributed by atoms with E-state index in [1.54, 1.807) is 20.8 Å². The summed E-state index contributed by atoms with van der Waals surface area (Å²) in [5.74, 6) is -0.987. The predicted octanol–water partition coefficient (Wildman–Crippen LogP) is 1.03. The first-order valence-electron chi connectivity index (χ1n) is 3.46. The Labute approximate surface area is 66.4 Å². The summed E-state index contributed by atoms with van der Waals surface area (Å²) in [7, 11) is 0. The molecule has 0 aromatic rings. The summed E-state index contributed by atoms with van der Waals surface area (Å²) in [6.07, 6.45) is 1.99. The molecule has 0 saturated carbocycles. The molecule has 3 nitrogen and oxygen atoms in total. The van der Waals surface area contributed by atoms with Gasteiger partial charge in [0.05, 0.1) is 6.10 Å². The third kappa shape index (κ3) is 3.78. The molecule has 0 spiro atoms. The SMILES string of the molecule is CC(O)C(C)(C)C=CC(=O)O. The first kappa shape index (κ1) is 10.2. The third-order valence-electron chi connectivity index (χ3n) is 1.73. The monoisotopic (exact) mass is 158 g/mol. The number of hydrogen-bond acceptors (Lipinski definition) is 2. The Morgan fingerprint density at radius 1 is 1.55 bits per heavy atom. The van der Waals surface area contributed by atoms with E-state index < -0.39 is 17.5 Å². The normalized spacial score (nSPS) is 15.3. The molecule has 0 radical (unpaired) electrons. The number of aliphatic hydroxyl groups is 1. The van der Waals surface area contributed by atoms with Gasteiger partial charge < -0.3 is 10.2 Å². The van der Waals surface area contributed by atoms with Gasteiger partial charge in [-0.25, -0.2) is 4.79 Å². The average molecular weight is 158 g/mol. The van der Waals surface area contributed by atoms with E-state index in [1.807, 2.05) is 0 Å². The van der Waals surface area contributed by atoms with Crippen LogP contribution in [0.15, 0.2) is 12.2 Å². The number of carboxylic acids is 1. The van der Waals surface area contributed by atoms with Crippen LogP contribution >= 0.6 is 0 Å². The number of hydrogen-bond donors (Lipinski definition) is 2. The molecule has 2 N–H and O–H groups in total. The summed E-state index contributed by atoms with van der Waals surface area (Å²) < 4.78 is 0. The molecule has 0 aliphatic rings. The van der Waals surface area contributed by atoms with Gasteiger partial charge >= 0.3 is 5.97 Å². The third-order valence-corrected chi connectivity index (χ3v) is 1.73. The first-order chi connectivity index (χ1) is 4.86. The molecule has 0 heterocycles. The van der Waals surface area contributed by atoms with Gasteiger partial charge in [0.15, 0.2) is 0 Å². The predicted molar refractivity (Wildman–Crippen MR) is 42.2 cm³/mol. The maximum atomic E-state index is 10.1. The Balaban J connectivity index is 4.23. The molecule has 0 aromatic carbocycles. The lowest BCUT2D eigenvalue weighted by Gasteiger charge is -2.23. The highest BCUT2D eigenvalue weighted by Gasteiger charge is 2.20. The first-order valence-corrected chi connectivity index (χ1v) is 3.46. The summed E-state index contributed by atoms with van der Waals surface area (Å²) in [5, 5.41) is 17.4. The zero-order valence-corrected chi connectivity index (χ0v) is 7.03. The van der Waals surface area contributed by atoms with Crippen molar-refractivity contribution in [2.24, 2.45) is 5.41 Å². The Morgan fingerprint density at radius 3 is 2.27 bits per heavy atom. The molecule has 1 atom stereocenters. The largest absolute Gasteiger partial charge is 0.478 e. The minimum Gasteiger partial charge on any atom is -0.478 e. The second kappa shape index (κ2) is 3.53. The van der Waals surface area contributed by atoms with Gasteiger partial charge in [0.1, 0.15) is 0 Å². The fourth-order valence-corrected chi connectivity index (χ4v) is 0.425. The molecular formula is C8H14O3. The Hall–Kier alpha value is -0.830. The van der Waals surface area contributed by atoms with Crippen LogP contribution < -0.4 is 0 Å². The van der Waals surface area contributed by atoms with Crippen molar-refractivity contribution in [3.05, 3.63) is 12.2 Å². The minimum absolute atomic E-state index is 0.474. The van der Waals surface area contributed by atoms with Crippen molar-refractivity contribution < 1.29 is 15.0 Å². The van der Waals surface area contributed by atoms with Crippen molar-refractivity contribution in [3.8, 4) is 0 Å². The van der Waals surface area contributed by atoms with Crippen LogP contribution in [0.1, 0.15) is 20.8 Å². The van der Waals surface area contributed by atoms with E-state index in [1.165, 1.54) is 6.08 Å². The lowest BCUT2D eigenvalue weighted by atomic mass is 9.87. The average Bonchev–Trinajstić information content (AvgIpc) is 1.84. The second-order valence-corrected chi connectivity index (χ2v) is 3.17. The highest BCUT2D eigenvalue weighted by atomic mass is 16.4. The smallest absolute Gasteiger partial charge is 0.327 e. The summed E-state index contributed by atoms with van der Waals surface area (Å²) in [6, 6.07) is 0. The van der Waals surface area contributed by atoms with Crippen molar-refractivity contribution in [2.45, 2.75) is 26.9 Å². The summed E-state index contributed by atoms with van der Waals surface area (Å²) >= 11 is 0. The minimum atomic E-state index is -0.987. The van der Waals surface area contributed by atoms with Gasteiger partial charge in [0.25, 0.3) is 0 Å². The van der Waals surface area contributed by atoms with E-state index in [9.17, 15) is 4.79 Å². The molecule has 1 unspecified atom stereocenters. The van der Waals surface area contributed by atoms with Gasteiger partial charge in [-0.3, -0.25) is 0 Å². The Bertz CT molecular complexity index is 168. The number of carbonyl (C=O) groups is 1. The van der Waals surface area contributed by atoms with Crippen molar-refractivity contribution in [2.75, 3.05) is 0 Å². The quantitative estimate of drug-likeness (QED) is 0.603. The molecule has 3 heteroatoms. The van der Waals surface area contributed by atoms with E-state index in [-0.39, 0.29) is 0 Å². The molecule has 11 heavy (non-hydrogen) atoms. The molecule has 0 rings (SSSR count). The lowest BCUT2D eigenvalue weighted by Crippen LogP contribution is -2.23. The molecule has 0 bridgehead atoms. The van der Waals surface area contributed by atoms with E-state index >= 15 is 0 Å². The van der Waals surface area contributed by atoms with Crippen molar-refractivity contribution >= 4 is 5.97 Å². The van der Waals surface area contributed by atoms with Crippen LogP contribution in [0.25, 0.3) is 0 Å². The van der Waals surface area contributed by atoms with Crippen LogP contribution in [-0.2, 0) is 4.79 Å². The molecule has 0 aliphatic heterocycles. The number of rotatable bonds is 3. The van der Waals surface area contributed by atoms with E-state index in [2.05, 4.69) is 0 Å². The maximum absolute atomic E-state index is 10.1. The van der Waals surface area contributed by atoms with Crippen LogP contribution in [0, 0.1) is 5.41 Å². The summed E-state index contributed by atoms with van der Waals surface area (Å²) in [4.78, 5) is 10.1. The van der Waals surface area contributed by atoms with Crippen molar-refractivity contribution in [3.63, 3.8) is 0 Å². The van der Waals surface area contributed by atoms with Gasteiger partial charge in [0, 0.05) is 11.5 Å². The van der Waals surface area contributed by atoms with Gasteiger partial charge in [-0.2, -0.15) is 0 Å². The van der Waals surface area contributed by atoms with Crippen LogP contribution in [0.4, 0.5) is 0 Å². The lowest BCUT2D eigenvalue weighted by molar-refractivity contribution is -0.131. The van der Waals surface area contributed by atoms with Gasteiger partial charge in [-0.05, 0) is 6.92 Å². The van der Waals surface area contributed by atoms with Gasteiger partial charge in [-0.15, -0.1) is 0 Å². The van der Waals surface area contributed by atoms with Crippen LogP contribution in [0.3, 0.4) is 0 Å². The van der Waals surface area contributed by atoms with Crippen LogP contribution in [0.5, 0.6) is 0 Å². The van der Waals surface area contributed by atoms with E-state index in [0.29, 0.717) is 0 Å². The van der Waals surface area contributed by atoms with Gasteiger partial charge in [0.2, 0.25) is 0 Å². The number of carboxylic acid groups (broad SMARTS) is 1. The maximum Gasteiger partial charge on any atom is 0.327 e. The number of aliphatic hydroxyl groups excluding tert-OH is 1. The Morgan fingerprint density at radius 2 is 2.00 bits per heavy atom. The molecule has 0 saturated heterocycles. The zero-order valence-electron chi connectivity index (χ0n) is 7.03. The highest BCUT2D eigenvalue weighted by Crippen LogP contribution is 2.21. The van der Waals surface area contributed by atoms with Gasteiger partial charge in [-0.1, -0.05) is 19.9 Å². The molecule has 64 valence electrons. The van der Waals surface area contributed by atoms with E-state index in [0.717, 1.165) is 6.08 Å². The fourth-order valence-electron chi connectivity index (χ4n) is 0.425. The molecule has 0 aliphatic carbocycles. The topological polar surface area (TPSA) is 57.5 Å². The number of aliphatic carboxylic acids is 1. The fraction of sp³-hybridized carbons (Fsp3) is 0.625. The molecule has 0 aromatic heterocycles.